The molecule has 0 bridgehead atoms. The zero-order valence-electron chi connectivity index (χ0n) is 12.4. The van der Waals surface area contributed by atoms with Crippen molar-refractivity contribution in [2.24, 2.45) is 0 Å². The molecule has 0 aliphatic carbocycles. The average Bonchev–Trinajstić information content (AvgIpc) is 2.55. The van der Waals surface area contributed by atoms with Crippen LogP contribution in [0.4, 0.5) is 11.4 Å². The maximum atomic E-state index is 5.02. The Morgan fingerprint density at radius 2 is 1.30 bits per heavy atom. The summed E-state index contributed by atoms with van der Waals surface area (Å²) >= 11 is 0. The van der Waals surface area contributed by atoms with Gasteiger partial charge >= 0.3 is 0 Å². The Morgan fingerprint density at radius 1 is 0.700 bits per heavy atom. The third-order valence-electron chi connectivity index (χ3n) is 2.74. The number of rotatable bonds is 4. The van der Waals surface area contributed by atoms with Crippen LogP contribution in [0.1, 0.15) is 0 Å². The number of benzene rings is 2. The average molecular weight is 274 g/mol. The molecule has 108 valence electrons. The second kappa shape index (κ2) is 8.69. The van der Waals surface area contributed by atoms with Crippen LogP contribution < -0.4 is 20.1 Å². The van der Waals surface area contributed by atoms with Gasteiger partial charge in [0.15, 0.2) is 0 Å². The molecule has 0 unspecified atom stereocenters. The van der Waals surface area contributed by atoms with Gasteiger partial charge in [0.05, 0.1) is 14.2 Å². The zero-order valence-corrected chi connectivity index (χ0v) is 12.4. The topological polar surface area (TPSA) is 42.5 Å². The van der Waals surface area contributed by atoms with Gasteiger partial charge in [-0.25, -0.2) is 0 Å². The molecule has 0 radical (unpaired) electrons. The smallest absolute Gasteiger partial charge is 0.120 e. The van der Waals surface area contributed by atoms with Crippen LogP contribution >= 0.6 is 0 Å². The lowest BCUT2D eigenvalue weighted by molar-refractivity contribution is 0.415. The standard InChI is InChI=1S/2C8H11NO/c1-9-7-3-5-8(10-2)6-4-7;1-9-7-4-3-5-8(6-7)10-2/h2*3-6,9H,1-2H3. The van der Waals surface area contributed by atoms with Gasteiger partial charge in [0.2, 0.25) is 0 Å². The summed E-state index contributed by atoms with van der Waals surface area (Å²) in [4.78, 5) is 0. The first-order valence-electron chi connectivity index (χ1n) is 6.37. The predicted molar refractivity (Wildman–Crippen MR) is 85.1 cm³/mol. The molecule has 0 saturated carbocycles. The second-order valence-corrected chi connectivity index (χ2v) is 3.96. The highest BCUT2D eigenvalue weighted by molar-refractivity contribution is 5.47. The lowest BCUT2D eigenvalue weighted by Crippen LogP contribution is -1.88. The van der Waals surface area contributed by atoms with Crippen molar-refractivity contribution >= 4 is 11.4 Å². The first-order chi connectivity index (χ1) is 9.73. The van der Waals surface area contributed by atoms with Crippen LogP contribution in [0.15, 0.2) is 48.5 Å². The number of nitrogens with one attached hydrogen (secondary N) is 2. The molecule has 20 heavy (non-hydrogen) atoms. The molecule has 2 N–H and O–H groups in total. The van der Waals surface area contributed by atoms with Crippen molar-refractivity contribution in [1.82, 2.24) is 0 Å². The Morgan fingerprint density at radius 3 is 1.80 bits per heavy atom. The minimum Gasteiger partial charge on any atom is -0.497 e. The molecule has 0 heterocycles. The van der Waals surface area contributed by atoms with Gasteiger partial charge in [0.1, 0.15) is 11.5 Å². The summed E-state index contributed by atoms with van der Waals surface area (Å²) in [6.45, 7) is 0. The zero-order chi connectivity index (χ0) is 14.8. The summed E-state index contributed by atoms with van der Waals surface area (Å²) in [5.41, 5.74) is 2.17. The highest BCUT2D eigenvalue weighted by Gasteiger charge is 1.90. The van der Waals surface area contributed by atoms with Gasteiger partial charge in [-0.1, -0.05) is 6.07 Å². The third kappa shape index (κ3) is 5.10. The molecule has 2 rings (SSSR count). The van der Waals surface area contributed by atoms with Crippen molar-refractivity contribution in [3.8, 4) is 11.5 Å². The summed E-state index contributed by atoms with van der Waals surface area (Å²) in [6.07, 6.45) is 0. The highest BCUT2D eigenvalue weighted by atomic mass is 16.5. The lowest BCUT2D eigenvalue weighted by Gasteiger charge is -2.01. The quantitative estimate of drug-likeness (QED) is 0.896. The lowest BCUT2D eigenvalue weighted by atomic mass is 10.3. The summed E-state index contributed by atoms with van der Waals surface area (Å²) in [5, 5.41) is 6.04. The Balaban J connectivity index is 0.000000200. The van der Waals surface area contributed by atoms with Crippen molar-refractivity contribution < 1.29 is 9.47 Å². The maximum absolute atomic E-state index is 5.02. The molecule has 0 saturated heterocycles. The van der Waals surface area contributed by atoms with Gasteiger partial charge in [0.25, 0.3) is 0 Å². The van der Waals surface area contributed by atoms with Crippen LogP contribution in [0.2, 0.25) is 0 Å². The first kappa shape index (κ1) is 15.7. The van der Waals surface area contributed by atoms with Crippen LogP contribution in [-0.4, -0.2) is 28.3 Å². The number of ether oxygens (including phenoxy) is 2. The molecule has 2 aromatic carbocycles. The maximum Gasteiger partial charge on any atom is 0.120 e. The van der Waals surface area contributed by atoms with E-state index in [1.807, 2.05) is 62.6 Å². The van der Waals surface area contributed by atoms with Crippen LogP contribution in [0.3, 0.4) is 0 Å². The molecule has 0 amide bonds. The molecule has 4 nitrogen and oxygen atoms in total. The van der Waals surface area contributed by atoms with E-state index >= 15 is 0 Å². The van der Waals surface area contributed by atoms with E-state index in [-0.39, 0.29) is 0 Å². The van der Waals surface area contributed by atoms with E-state index < -0.39 is 0 Å². The second-order valence-electron chi connectivity index (χ2n) is 3.96. The van der Waals surface area contributed by atoms with Crippen molar-refractivity contribution in [2.75, 3.05) is 38.9 Å². The highest BCUT2D eigenvalue weighted by Crippen LogP contribution is 2.15. The molecule has 0 aliphatic rings. The van der Waals surface area contributed by atoms with E-state index in [2.05, 4.69) is 10.6 Å². The Labute approximate surface area is 120 Å². The van der Waals surface area contributed by atoms with Crippen LogP contribution in [0, 0.1) is 0 Å². The van der Waals surface area contributed by atoms with Crippen molar-refractivity contribution in [2.45, 2.75) is 0 Å². The van der Waals surface area contributed by atoms with Gasteiger partial charge < -0.3 is 20.1 Å². The van der Waals surface area contributed by atoms with E-state index in [0.29, 0.717) is 0 Å². The van der Waals surface area contributed by atoms with Crippen molar-refractivity contribution in [3.05, 3.63) is 48.5 Å². The number of hydrogen-bond donors (Lipinski definition) is 2. The molecule has 0 fully saturated rings. The normalized spacial score (nSPS) is 9.00. The third-order valence-corrected chi connectivity index (χ3v) is 2.74. The number of methoxy groups -OCH3 is 2. The molecule has 0 aromatic heterocycles. The largest absolute Gasteiger partial charge is 0.497 e. The Hall–Kier alpha value is -2.36. The fourth-order valence-electron chi connectivity index (χ4n) is 1.54. The van der Waals surface area contributed by atoms with E-state index in [1.165, 1.54) is 0 Å². The van der Waals surface area contributed by atoms with Crippen molar-refractivity contribution in [1.29, 1.82) is 0 Å². The van der Waals surface area contributed by atoms with Gasteiger partial charge in [-0.05, 0) is 36.4 Å². The summed E-state index contributed by atoms with van der Waals surface area (Å²) in [7, 11) is 7.10. The molecule has 2 aromatic rings. The molecular weight excluding hydrogens is 252 g/mol. The number of hydrogen-bond acceptors (Lipinski definition) is 4. The molecular formula is C16H22N2O2. The first-order valence-corrected chi connectivity index (χ1v) is 6.37. The summed E-state index contributed by atoms with van der Waals surface area (Å²) < 4.78 is 10.0. The predicted octanol–water partition coefficient (Wildman–Crippen LogP) is 3.47. The summed E-state index contributed by atoms with van der Waals surface area (Å²) in [6, 6.07) is 15.6. The fourth-order valence-corrected chi connectivity index (χ4v) is 1.54. The van der Waals surface area contributed by atoms with Gasteiger partial charge in [-0.2, -0.15) is 0 Å². The van der Waals surface area contributed by atoms with Crippen LogP contribution in [0.5, 0.6) is 11.5 Å². The van der Waals surface area contributed by atoms with Crippen molar-refractivity contribution in [3.63, 3.8) is 0 Å². The van der Waals surface area contributed by atoms with E-state index in [0.717, 1.165) is 22.9 Å². The SMILES string of the molecule is CNc1ccc(OC)cc1.CNc1cccc(OC)c1. The monoisotopic (exact) mass is 274 g/mol. The molecule has 0 spiro atoms. The van der Waals surface area contributed by atoms with Gasteiger partial charge in [0, 0.05) is 31.5 Å². The molecule has 4 heteroatoms. The molecule has 0 atom stereocenters. The minimum atomic E-state index is 0.881. The Kier molecular flexibility index (Phi) is 6.82. The fraction of sp³-hybridized carbons (Fsp3) is 0.250. The van der Waals surface area contributed by atoms with Gasteiger partial charge in [-0.3, -0.25) is 0 Å². The summed E-state index contributed by atoms with van der Waals surface area (Å²) in [5.74, 6) is 1.77. The number of anilines is 2. The van der Waals surface area contributed by atoms with Crippen LogP contribution in [-0.2, 0) is 0 Å². The van der Waals surface area contributed by atoms with Crippen LogP contribution in [0.25, 0.3) is 0 Å². The van der Waals surface area contributed by atoms with E-state index in [4.69, 9.17) is 9.47 Å². The Bertz CT molecular complexity index is 456. The molecule has 0 aliphatic heterocycles. The van der Waals surface area contributed by atoms with E-state index in [9.17, 15) is 0 Å². The van der Waals surface area contributed by atoms with E-state index in [1.54, 1.807) is 14.2 Å². The minimum absolute atomic E-state index is 0.881. The van der Waals surface area contributed by atoms with Gasteiger partial charge in [-0.15, -0.1) is 0 Å².